The molecule has 2 aromatic carbocycles. The van der Waals surface area contributed by atoms with E-state index in [9.17, 15) is 9.59 Å². The number of carboxylic acids is 1. The topological polar surface area (TPSA) is 66.4 Å². The Balaban J connectivity index is 2.00. The van der Waals surface area contributed by atoms with Crippen LogP contribution in [0.4, 0.5) is 5.69 Å². The molecule has 114 valence electrons. The monoisotopic (exact) mass is 355 g/mol. The Morgan fingerprint density at radius 3 is 2.55 bits per heavy atom. The zero-order valence-electron chi connectivity index (χ0n) is 11.2. The number of carbonyl (C=O) groups excluding carboxylic acids is 1. The number of anilines is 1. The highest BCUT2D eigenvalue weighted by molar-refractivity contribution is 8.00. The molecule has 0 aliphatic heterocycles. The molecule has 0 aliphatic carbocycles. The second-order valence-corrected chi connectivity index (χ2v) is 6.12. The molecule has 0 heterocycles. The van der Waals surface area contributed by atoms with Crippen LogP contribution in [0.5, 0.6) is 0 Å². The number of thioether (sulfide) groups is 1. The van der Waals surface area contributed by atoms with E-state index < -0.39 is 5.97 Å². The average molecular weight is 356 g/mol. The highest BCUT2D eigenvalue weighted by atomic mass is 35.5. The summed E-state index contributed by atoms with van der Waals surface area (Å²) in [6.07, 6.45) is 0. The molecule has 0 aliphatic rings. The standard InChI is InChI=1S/C15H11Cl2NO3S/c16-9-5-6-12(11(17)7-9)18-14(19)8-22-13-4-2-1-3-10(13)15(20)21/h1-7H,8H2,(H,18,19)(H,20,21). The molecule has 22 heavy (non-hydrogen) atoms. The zero-order valence-corrected chi connectivity index (χ0v) is 13.5. The number of carboxylic acid groups (broad SMARTS) is 1. The number of aromatic carboxylic acids is 1. The molecule has 0 aromatic heterocycles. The van der Waals surface area contributed by atoms with Crippen LogP contribution in [0.25, 0.3) is 0 Å². The minimum atomic E-state index is -1.02. The van der Waals surface area contributed by atoms with Crippen molar-refractivity contribution in [1.29, 1.82) is 0 Å². The van der Waals surface area contributed by atoms with Gasteiger partial charge in [-0.3, -0.25) is 4.79 Å². The summed E-state index contributed by atoms with van der Waals surface area (Å²) in [5, 5.41) is 12.6. The Kier molecular flexibility index (Phi) is 5.71. The van der Waals surface area contributed by atoms with Crippen LogP contribution in [0, 0.1) is 0 Å². The lowest BCUT2D eigenvalue weighted by molar-refractivity contribution is -0.113. The lowest BCUT2D eigenvalue weighted by Gasteiger charge is -2.08. The SMILES string of the molecule is O=C(CSc1ccccc1C(=O)O)Nc1ccc(Cl)cc1Cl. The second-order valence-electron chi connectivity index (χ2n) is 4.26. The molecule has 0 fully saturated rings. The van der Waals surface area contributed by atoms with Crippen molar-refractivity contribution in [1.82, 2.24) is 0 Å². The number of rotatable bonds is 5. The summed E-state index contributed by atoms with van der Waals surface area (Å²) in [4.78, 5) is 23.6. The molecule has 0 saturated carbocycles. The van der Waals surface area contributed by atoms with Gasteiger partial charge in [0.15, 0.2) is 0 Å². The Labute approximate surface area is 141 Å². The minimum Gasteiger partial charge on any atom is -0.478 e. The molecular weight excluding hydrogens is 345 g/mol. The van der Waals surface area contributed by atoms with Crippen molar-refractivity contribution in [3.63, 3.8) is 0 Å². The third-order valence-corrected chi connectivity index (χ3v) is 4.30. The third-order valence-electron chi connectivity index (χ3n) is 2.68. The molecular formula is C15H11Cl2NO3S. The van der Waals surface area contributed by atoms with E-state index in [-0.39, 0.29) is 17.2 Å². The van der Waals surface area contributed by atoms with E-state index in [0.29, 0.717) is 20.6 Å². The molecule has 0 radical (unpaired) electrons. The van der Waals surface area contributed by atoms with Crippen LogP contribution in [0.1, 0.15) is 10.4 Å². The van der Waals surface area contributed by atoms with Crippen molar-refractivity contribution in [3.05, 3.63) is 58.1 Å². The van der Waals surface area contributed by atoms with Gasteiger partial charge in [-0.05, 0) is 30.3 Å². The summed E-state index contributed by atoms with van der Waals surface area (Å²) in [5.74, 6) is -1.23. The molecule has 0 bridgehead atoms. The first-order chi connectivity index (χ1) is 10.5. The Hall–Kier alpha value is -1.69. The summed E-state index contributed by atoms with van der Waals surface area (Å²) in [6.45, 7) is 0. The number of nitrogens with one attached hydrogen (secondary N) is 1. The van der Waals surface area contributed by atoms with E-state index in [2.05, 4.69) is 5.32 Å². The summed E-state index contributed by atoms with van der Waals surface area (Å²) >= 11 is 12.9. The predicted octanol–water partition coefficient (Wildman–Crippen LogP) is 4.42. The lowest BCUT2D eigenvalue weighted by atomic mass is 10.2. The van der Waals surface area contributed by atoms with Gasteiger partial charge in [-0.15, -0.1) is 11.8 Å². The van der Waals surface area contributed by atoms with Crippen molar-refractivity contribution < 1.29 is 14.7 Å². The fourth-order valence-electron chi connectivity index (χ4n) is 1.69. The normalized spacial score (nSPS) is 10.3. The van der Waals surface area contributed by atoms with Gasteiger partial charge in [0.05, 0.1) is 22.0 Å². The first-order valence-electron chi connectivity index (χ1n) is 6.17. The van der Waals surface area contributed by atoms with Crippen LogP contribution < -0.4 is 5.32 Å². The van der Waals surface area contributed by atoms with Crippen molar-refractivity contribution in [2.24, 2.45) is 0 Å². The first kappa shape index (κ1) is 16.7. The van der Waals surface area contributed by atoms with Crippen LogP contribution in [0.15, 0.2) is 47.4 Å². The average Bonchev–Trinajstić information content (AvgIpc) is 2.48. The fourth-order valence-corrected chi connectivity index (χ4v) is 2.99. The Morgan fingerprint density at radius 2 is 1.86 bits per heavy atom. The van der Waals surface area contributed by atoms with Crippen LogP contribution in [0.2, 0.25) is 10.0 Å². The van der Waals surface area contributed by atoms with E-state index in [0.717, 1.165) is 11.8 Å². The Morgan fingerprint density at radius 1 is 1.14 bits per heavy atom. The van der Waals surface area contributed by atoms with Crippen LogP contribution in [0.3, 0.4) is 0 Å². The number of halogens is 2. The minimum absolute atomic E-state index is 0.0727. The third kappa shape index (κ3) is 4.40. The fraction of sp³-hybridized carbons (Fsp3) is 0.0667. The Bertz CT molecular complexity index is 722. The van der Waals surface area contributed by atoms with Crippen molar-refractivity contribution in [3.8, 4) is 0 Å². The first-order valence-corrected chi connectivity index (χ1v) is 7.91. The van der Waals surface area contributed by atoms with Gasteiger partial charge < -0.3 is 10.4 Å². The van der Waals surface area contributed by atoms with Gasteiger partial charge in [0.25, 0.3) is 0 Å². The van der Waals surface area contributed by atoms with Gasteiger partial charge in [-0.2, -0.15) is 0 Å². The van der Waals surface area contributed by atoms with E-state index in [1.54, 1.807) is 30.3 Å². The van der Waals surface area contributed by atoms with Crippen LogP contribution >= 0.6 is 35.0 Å². The maximum Gasteiger partial charge on any atom is 0.336 e. The number of hydrogen-bond donors (Lipinski definition) is 2. The molecule has 1 amide bonds. The molecule has 2 N–H and O–H groups in total. The molecule has 2 rings (SSSR count). The molecule has 4 nitrogen and oxygen atoms in total. The van der Waals surface area contributed by atoms with Crippen molar-refractivity contribution in [2.45, 2.75) is 4.90 Å². The zero-order chi connectivity index (χ0) is 16.1. The quantitative estimate of drug-likeness (QED) is 0.779. The smallest absolute Gasteiger partial charge is 0.336 e. The van der Waals surface area contributed by atoms with Gasteiger partial charge in [0, 0.05) is 9.92 Å². The van der Waals surface area contributed by atoms with Crippen LogP contribution in [-0.2, 0) is 4.79 Å². The molecule has 0 atom stereocenters. The van der Waals surface area contributed by atoms with E-state index in [4.69, 9.17) is 28.3 Å². The maximum atomic E-state index is 11.9. The number of hydrogen-bond acceptors (Lipinski definition) is 3. The molecule has 0 spiro atoms. The number of carbonyl (C=O) groups is 2. The van der Waals surface area contributed by atoms with Gasteiger partial charge >= 0.3 is 5.97 Å². The molecule has 7 heteroatoms. The largest absolute Gasteiger partial charge is 0.478 e. The summed E-state index contributed by atoms with van der Waals surface area (Å²) in [5.41, 5.74) is 0.632. The number of amides is 1. The van der Waals surface area contributed by atoms with E-state index in [1.807, 2.05) is 0 Å². The number of benzene rings is 2. The van der Waals surface area contributed by atoms with Crippen molar-refractivity contribution in [2.75, 3.05) is 11.1 Å². The summed E-state index contributed by atoms with van der Waals surface area (Å²) in [7, 11) is 0. The lowest BCUT2D eigenvalue weighted by Crippen LogP contribution is -2.14. The van der Waals surface area contributed by atoms with Crippen molar-refractivity contribution >= 4 is 52.5 Å². The second kappa shape index (κ2) is 7.54. The van der Waals surface area contributed by atoms with E-state index >= 15 is 0 Å². The highest BCUT2D eigenvalue weighted by Gasteiger charge is 2.12. The summed E-state index contributed by atoms with van der Waals surface area (Å²) in [6, 6.07) is 11.3. The predicted molar refractivity (Wildman–Crippen MR) is 89.2 cm³/mol. The summed E-state index contributed by atoms with van der Waals surface area (Å²) < 4.78 is 0. The maximum absolute atomic E-state index is 11.9. The van der Waals surface area contributed by atoms with Crippen LogP contribution in [-0.4, -0.2) is 22.7 Å². The van der Waals surface area contributed by atoms with E-state index in [1.165, 1.54) is 12.1 Å². The molecule has 2 aromatic rings. The van der Waals surface area contributed by atoms with Gasteiger partial charge in [-0.25, -0.2) is 4.79 Å². The van der Waals surface area contributed by atoms with Gasteiger partial charge in [-0.1, -0.05) is 35.3 Å². The molecule has 0 saturated heterocycles. The van der Waals surface area contributed by atoms with Gasteiger partial charge in [0.1, 0.15) is 0 Å². The molecule has 0 unspecified atom stereocenters. The highest BCUT2D eigenvalue weighted by Crippen LogP contribution is 2.26. The van der Waals surface area contributed by atoms with Gasteiger partial charge in [0.2, 0.25) is 5.91 Å².